The van der Waals surface area contributed by atoms with Crippen LogP contribution in [0, 0.1) is 0 Å². The number of benzene rings is 2. The number of carbonyl (C=O) groups excluding carboxylic acids is 2. The number of ketones is 1. The van der Waals surface area contributed by atoms with Gasteiger partial charge in [0.15, 0.2) is 5.78 Å². The van der Waals surface area contributed by atoms with Crippen molar-refractivity contribution in [2.45, 2.75) is 6.92 Å². The van der Waals surface area contributed by atoms with Gasteiger partial charge in [-0.2, -0.15) is 0 Å². The van der Waals surface area contributed by atoms with Crippen LogP contribution in [0.1, 0.15) is 6.92 Å². The first-order valence-corrected chi connectivity index (χ1v) is 8.94. The third-order valence-corrected chi connectivity index (χ3v) is 4.87. The summed E-state index contributed by atoms with van der Waals surface area (Å²) in [6, 6.07) is 13.9. The molecule has 0 radical (unpaired) electrons. The van der Waals surface area contributed by atoms with Crippen LogP contribution in [0.4, 0.5) is 10.5 Å². The van der Waals surface area contributed by atoms with E-state index in [1.807, 2.05) is 68.5 Å². The summed E-state index contributed by atoms with van der Waals surface area (Å²) in [5.41, 5.74) is 3.63. The number of carbonyl (C=O) groups is 2. The van der Waals surface area contributed by atoms with Gasteiger partial charge in [0.25, 0.3) is 0 Å². The van der Waals surface area contributed by atoms with Crippen LogP contribution in [0.2, 0.25) is 0 Å². The van der Waals surface area contributed by atoms with Gasteiger partial charge < -0.3 is 9.80 Å². The molecule has 1 saturated heterocycles. The predicted molar refractivity (Wildman–Crippen MR) is 110 cm³/mol. The minimum Gasteiger partial charge on any atom is -0.374 e. The molecule has 2 amide bonds. The van der Waals surface area contributed by atoms with Gasteiger partial charge in [-0.05, 0) is 34.5 Å². The lowest BCUT2D eigenvalue weighted by atomic mass is 10.0. The van der Waals surface area contributed by atoms with E-state index in [0.717, 1.165) is 33.8 Å². The number of likely N-dealkylation sites (N-methyl/N-ethyl adjacent to an activating group) is 2. The summed E-state index contributed by atoms with van der Waals surface area (Å²) >= 11 is 0. The van der Waals surface area contributed by atoms with Gasteiger partial charge in [0, 0.05) is 52.1 Å². The molecule has 0 unspecified atom stereocenters. The Bertz CT molecular complexity index is 993. The van der Waals surface area contributed by atoms with Crippen molar-refractivity contribution in [1.82, 2.24) is 9.80 Å². The number of amides is 2. The molecule has 2 aromatic carbocycles. The van der Waals surface area contributed by atoms with Crippen molar-refractivity contribution in [3.05, 3.63) is 52.9 Å². The van der Waals surface area contributed by atoms with Gasteiger partial charge >= 0.3 is 6.03 Å². The highest BCUT2D eigenvalue weighted by molar-refractivity contribution is 6.12. The molecule has 1 aliphatic heterocycles. The fraction of sp³-hybridized carbons (Fsp3) is 0.273. The number of anilines is 1. The molecule has 0 N–H and O–H groups in total. The van der Waals surface area contributed by atoms with Crippen molar-refractivity contribution in [1.29, 1.82) is 0 Å². The smallest absolute Gasteiger partial charge is 0.324 e. The van der Waals surface area contributed by atoms with E-state index in [9.17, 15) is 9.59 Å². The molecule has 5 nitrogen and oxygen atoms in total. The van der Waals surface area contributed by atoms with Crippen LogP contribution in [0.5, 0.6) is 0 Å². The Labute approximate surface area is 159 Å². The van der Waals surface area contributed by atoms with Crippen molar-refractivity contribution < 1.29 is 9.59 Å². The maximum atomic E-state index is 12.1. The van der Waals surface area contributed by atoms with Gasteiger partial charge in [0.1, 0.15) is 0 Å². The fourth-order valence-corrected chi connectivity index (χ4v) is 3.47. The van der Waals surface area contributed by atoms with E-state index in [1.54, 1.807) is 16.7 Å². The average molecular weight is 363 g/mol. The minimum absolute atomic E-state index is 0.0160. The molecule has 27 heavy (non-hydrogen) atoms. The average Bonchev–Trinajstić information content (AvgIpc) is 2.95. The number of rotatable bonds is 4. The molecule has 0 spiro atoms. The van der Waals surface area contributed by atoms with Gasteiger partial charge in [0.05, 0.1) is 5.70 Å². The van der Waals surface area contributed by atoms with Crippen molar-refractivity contribution >= 4 is 29.8 Å². The maximum absolute atomic E-state index is 12.1. The molecule has 2 aromatic rings. The summed E-state index contributed by atoms with van der Waals surface area (Å²) in [6.45, 7) is 7.15. The molecule has 1 fully saturated rings. The van der Waals surface area contributed by atoms with Gasteiger partial charge in [-0.15, -0.1) is 0 Å². The minimum atomic E-state index is 0.0160. The second-order valence-corrected chi connectivity index (χ2v) is 7.07. The van der Waals surface area contributed by atoms with Gasteiger partial charge in [-0.3, -0.25) is 9.69 Å². The van der Waals surface area contributed by atoms with E-state index in [4.69, 9.17) is 0 Å². The van der Waals surface area contributed by atoms with Crippen LogP contribution in [-0.4, -0.2) is 55.8 Å². The van der Waals surface area contributed by atoms with Crippen LogP contribution >= 0.6 is 0 Å². The standard InChI is InChI=1S/C22H25N3O2/c1-15-14-18(8-11-20(15)21(16(2)26)23(3)4)17-6-9-19(10-7-17)25-13-12-24(5)22(25)27/h6-11,14H,1,12-13H2,2-5H3/b21-20-. The summed E-state index contributed by atoms with van der Waals surface area (Å²) in [7, 11) is 5.54. The van der Waals surface area contributed by atoms with E-state index in [0.29, 0.717) is 12.2 Å². The Balaban J connectivity index is 1.95. The molecule has 0 aromatic heterocycles. The number of nitrogens with zero attached hydrogens (tertiary/aromatic N) is 3. The number of hydrogen-bond acceptors (Lipinski definition) is 3. The zero-order valence-electron chi connectivity index (χ0n) is 16.3. The van der Waals surface area contributed by atoms with Crippen LogP contribution in [0.3, 0.4) is 0 Å². The van der Waals surface area contributed by atoms with Crippen LogP contribution in [0.25, 0.3) is 23.4 Å². The molecule has 0 bridgehead atoms. The normalized spacial score (nSPS) is 15.2. The fourth-order valence-electron chi connectivity index (χ4n) is 3.47. The molecular formula is C22H25N3O2. The van der Waals surface area contributed by atoms with Crippen LogP contribution in [0.15, 0.2) is 42.5 Å². The molecule has 140 valence electrons. The third kappa shape index (κ3) is 3.58. The quantitative estimate of drug-likeness (QED) is 0.833. The van der Waals surface area contributed by atoms with Gasteiger partial charge in [-0.1, -0.05) is 30.8 Å². The topological polar surface area (TPSA) is 43.9 Å². The lowest BCUT2D eigenvalue weighted by Gasteiger charge is -2.16. The van der Waals surface area contributed by atoms with E-state index in [-0.39, 0.29) is 11.8 Å². The first kappa shape index (κ1) is 18.7. The number of Topliss-reactive ketones (excluding diaryl/α,β-unsaturated/α-hetero) is 1. The summed E-state index contributed by atoms with van der Waals surface area (Å²) in [4.78, 5) is 29.4. The molecular weight excluding hydrogens is 338 g/mol. The lowest BCUT2D eigenvalue weighted by molar-refractivity contribution is -0.112. The van der Waals surface area contributed by atoms with Crippen LogP contribution in [-0.2, 0) is 4.79 Å². The Hall–Kier alpha value is -3.08. The van der Waals surface area contributed by atoms with Gasteiger partial charge in [0.2, 0.25) is 0 Å². The predicted octanol–water partition coefficient (Wildman–Crippen LogP) is 1.89. The Morgan fingerprint density at radius 2 is 1.67 bits per heavy atom. The molecule has 1 aliphatic rings. The van der Waals surface area contributed by atoms with Crippen molar-refractivity contribution in [3.63, 3.8) is 0 Å². The Morgan fingerprint density at radius 3 is 2.15 bits per heavy atom. The molecule has 1 heterocycles. The van der Waals surface area contributed by atoms with E-state index in [1.165, 1.54) is 0 Å². The van der Waals surface area contributed by atoms with Crippen LogP contribution < -0.4 is 15.3 Å². The summed E-state index contributed by atoms with van der Waals surface area (Å²) in [5, 5.41) is 1.66. The summed E-state index contributed by atoms with van der Waals surface area (Å²) < 4.78 is 0. The maximum Gasteiger partial charge on any atom is 0.324 e. The number of hydrogen-bond donors (Lipinski definition) is 0. The van der Waals surface area contributed by atoms with Gasteiger partial charge in [-0.25, -0.2) is 4.79 Å². The SMILES string of the molecule is C=c1cc(-c2ccc(N3CCN(C)C3=O)cc2)cc/c1=C(\C(C)=O)N(C)C. The molecule has 3 rings (SSSR count). The molecule has 5 heteroatoms. The zero-order chi connectivity index (χ0) is 19.7. The number of urea groups is 1. The lowest BCUT2D eigenvalue weighted by Crippen LogP contribution is -2.33. The van der Waals surface area contributed by atoms with E-state index in [2.05, 4.69) is 6.58 Å². The first-order chi connectivity index (χ1) is 12.8. The highest BCUT2D eigenvalue weighted by Gasteiger charge is 2.26. The van der Waals surface area contributed by atoms with E-state index < -0.39 is 0 Å². The second kappa shape index (κ2) is 7.27. The Kier molecular flexibility index (Phi) is 5.04. The summed E-state index contributed by atoms with van der Waals surface area (Å²) in [6.07, 6.45) is 0. The third-order valence-electron chi connectivity index (χ3n) is 4.87. The van der Waals surface area contributed by atoms with E-state index >= 15 is 0 Å². The molecule has 0 atom stereocenters. The molecule has 0 aliphatic carbocycles. The highest BCUT2D eigenvalue weighted by atomic mass is 16.2. The van der Waals surface area contributed by atoms with Crippen molar-refractivity contribution in [2.24, 2.45) is 0 Å². The largest absolute Gasteiger partial charge is 0.374 e. The first-order valence-electron chi connectivity index (χ1n) is 8.94. The monoisotopic (exact) mass is 363 g/mol. The zero-order valence-corrected chi connectivity index (χ0v) is 16.3. The highest BCUT2D eigenvalue weighted by Crippen LogP contribution is 2.24. The summed E-state index contributed by atoms with van der Waals surface area (Å²) in [5.74, 6) is 0.0160. The van der Waals surface area contributed by atoms with Crippen molar-refractivity contribution in [3.8, 4) is 11.1 Å². The second-order valence-electron chi connectivity index (χ2n) is 7.07. The Morgan fingerprint density at radius 1 is 1.04 bits per heavy atom. The molecule has 0 saturated carbocycles. The van der Waals surface area contributed by atoms with Crippen molar-refractivity contribution in [2.75, 3.05) is 39.1 Å².